The van der Waals surface area contributed by atoms with Gasteiger partial charge in [-0.25, -0.2) is 4.39 Å². The summed E-state index contributed by atoms with van der Waals surface area (Å²) in [5.41, 5.74) is 0. The van der Waals surface area contributed by atoms with E-state index in [0.717, 1.165) is 0 Å². The minimum Gasteiger partial charge on any atom is -0.353 e. The molecule has 2 unspecified atom stereocenters. The fraction of sp³-hybridized carbons (Fsp3) is 0.833. The highest BCUT2D eigenvalue weighted by Gasteiger charge is 2.99. The molecule has 0 radical (unpaired) electrons. The fourth-order valence-electron chi connectivity index (χ4n) is 1.19. The lowest BCUT2D eigenvalue weighted by atomic mass is 9.74. The van der Waals surface area contributed by atoms with Crippen molar-refractivity contribution in [1.29, 1.82) is 0 Å². The Labute approximate surface area is 79.1 Å². The molecule has 0 aromatic carbocycles. The number of rotatable bonds is 1. The zero-order chi connectivity index (χ0) is 12.3. The van der Waals surface area contributed by atoms with Crippen LogP contribution in [0.5, 0.6) is 0 Å². The Hall–Kier alpha value is -0.990. The number of amides is 1. The molecule has 1 fully saturated rings. The normalized spacial score (nSPS) is 41.9. The second-order valence-corrected chi connectivity index (χ2v) is 3.11. The van der Waals surface area contributed by atoms with Crippen molar-refractivity contribution in [2.75, 3.05) is 0 Å². The van der Waals surface area contributed by atoms with Gasteiger partial charge in [0.15, 0.2) is 0 Å². The van der Waals surface area contributed by atoms with Crippen molar-refractivity contribution < 1.29 is 36.2 Å². The van der Waals surface area contributed by atoms with E-state index in [1.54, 1.807) is 0 Å². The number of halogens is 6. The molecule has 0 aliphatic heterocycles. The van der Waals surface area contributed by atoms with Gasteiger partial charge in [0.25, 0.3) is 0 Å². The first kappa shape index (κ1) is 12.1. The van der Waals surface area contributed by atoms with E-state index in [1.807, 2.05) is 0 Å². The molecule has 15 heavy (non-hydrogen) atoms. The molecule has 1 rings (SSSR count). The number of carbonyl (C=O) groups is 1. The number of hydrogen-bond acceptors (Lipinski definition) is 2. The fourth-order valence-corrected chi connectivity index (χ4v) is 1.19. The standard InChI is InChI=1S/C6H5F6NO2/c1-2(14)13-5(11)3(7,8)4(9,10)6(5,12)15/h15H,1H3,(H,13,14). The smallest absolute Gasteiger partial charge is 0.353 e. The first-order valence-electron chi connectivity index (χ1n) is 3.56. The highest BCUT2D eigenvalue weighted by atomic mass is 19.3. The van der Waals surface area contributed by atoms with Crippen LogP contribution in [0.3, 0.4) is 0 Å². The van der Waals surface area contributed by atoms with Crippen molar-refractivity contribution in [3.63, 3.8) is 0 Å². The molecule has 2 N–H and O–H groups in total. The summed E-state index contributed by atoms with van der Waals surface area (Å²) >= 11 is 0. The molecule has 1 saturated carbocycles. The van der Waals surface area contributed by atoms with Crippen LogP contribution in [0.1, 0.15) is 6.92 Å². The highest BCUT2D eigenvalue weighted by molar-refractivity contribution is 5.74. The SMILES string of the molecule is CC(=O)NC1(F)C(O)(F)C(F)(F)C1(F)F. The Morgan fingerprint density at radius 3 is 1.73 bits per heavy atom. The summed E-state index contributed by atoms with van der Waals surface area (Å²) in [5, 5.41) is 8.89. The molecule has 0 spiro atoms. The lowest BCUT2D eigenvalue weighted by Gasteiger charge is -2.54. The maximum atomic E-state index is 13.0. The second-order valence-electron chi connectivity index (χ2n) is 3.11. The Balaban J connectivity index is 3.16. The molecule has 0 aromatic rings. The van der Waals surface area contributed by atoms with Gasteiger partial charge in [-0.05, 0) is 0 Å². The van der Waals surface area contributed by atoms with E-state index in [-0.39, 0.29) is 0 Å². The molecule has 1 aliphatic carbocycles. The number of aliphatic hydroxyl groups is 1. The Kier molecular flexibility index (Phi) is 2.07. The summed E-state index contributed by atoms with van der Waals surface area (Å²) in [7, 11) is 0. The van der Waals surface area contributed by atoms with E-state index in [9.17, 15) is 31.1 Å². The predicted octanol–water partition coefficient (Wildman–Crippen LogP) is 0.731. The Morgan fingerprint density at radius 1 is 1.07 bits per heavy atom. The molecule has 1 amide bonds. The summed E-state index contributed by atoms with van der Waals surface area (Å²) < 4.78 is 75.2. The van der Waals surface area contributed by atoms with E-state index in [0.29, 0.717) is 12.2 Å². The van der Waals surface area contributed by atoms with Crippen molar-refractivity contribution in [1.82, 2.24) is 5.32 Å². The van der Waals surface area contributed by atoms with E-state index >= 15 is 0 Å². The van der Waals surface area contributed by atoms with Gasteiger partial charge in [-0.15, -0.1) is 0 Å². The molecule has 2 atom stereocenters. The van der Waals surface area contributed by atoms with Gasteiger partial charge in [-0.2, -0.15) is 22.0 Å². The molecule has 3 nitrogen and oxygen atoms in total. The molecule has 1 aliphatic rings. The number of nitrogens with one attached hydrogen (secondary N) is 1. The van der Waals surface area contributed by atoms with Crippen LogP contribution in [0.15, 0.2) is 0 Å². The van der Waals surface area contributed by atoms with Gasteiger partial charge in [-0.3, -0.25) is 4.79 Å². The van der Waals surface area contributed by atoms with Crippen LogP contribution in [0.2, 0.25) is 0 Å². The molecule has 9 heteroatoms. The lowest BCUT2D eigenvalue weighted by molar-refractivity contribution is -0.498. The minimum atomic E-state index is -5.60. The van der Waals surface area contributed by atoms with E-state index in [1.165, 1.54) is 0 Å². The van der Waals surface area contributed by atoms with Crippen LogP contribution in [0, 0.1) is 0 Å². The zero-order valence-corrected chi connectivity index (χ0v) is 7.12. The Morgan fingerprint density at radius 2 is 1.47 bits per heavy atom. The summed E-state index contributed by atoms with van der Waals surface area (Å²) in [6, 6.07) is 0. The van der Waals surface area contributed by atoms with Gasteiger partial charge in [-0.1, -0.05) is 0 Å². The topological polar surface area (TPSA) is 49.3 Å². The molecule has 0 aromatic heterocycles. The van der Waals surface area contributed by atoms with Crippen LogP contribution in [-0.4, -0.2) is 34.5 Å². The van der Waals surface area contributed by atoms with E-state index in [4.69, 9.17) is 5.11 Å². The van der Waals surface area contributed by atoms with Crippen LogP contribution in [-0.2, 0) is 4.79 Å². The van der Waals surface area contributed by atoms with Crippen molar-refractivity contribution >= 4 is 5.91 Å². The lowest BCUT2D eigenvalue weighted by Crippen LogP contribution is -2.90. The monoisotopic (exact) mass is 237 g/mol. The molecule has 0 saturated heterocycles. The zero-order valence-electron chi connectivity index (χ0n) is 7.12. The quantitative estimate of drug-likeness (QED) is 0.521. The first-order valence-corrected chi connectivity index (χ1v) is 3.56. The number of alkyl halides is 6. The average molecular weight is 237 g/mol. The van der Waals surface area contributed by atoms with Crippen molar-refractivity contribution in [3.05, 3.63) is 0 Å². The van der Waals surface area contributed by atoms with Gasteiger partial charge in [0, 0.05) is 6.92 Å². The number of hydrogen-bond donors (Lipinski definition) is 2. The summed E-state index contributed by atoms with van der Waals surface area (Å²) in [6.07, 6.45) is 0. The van der Waals surface area contributed by atoms with Gasteiger partial charge in [0.1, 0.15) is 0 Å². The number of carbonyl (C=O) groups excluding carboxylic acids is 1. The predicted molar refractivity (Wildman–Crippen MR) is 33.6 cm³/mol. The highest BCUT2D eigenvalue weighted by Crippen LogP contribution is 2.65. The maximum absolute atomic E-state index is 13.0. The summed E-state index contributed by atoms with van der Waals surface area (Å²) in [4.78, 5) is 10.2. The average Bonchev–Trinajstić information content (AvgIpc) is 2.00. The van der Waals surface area contributed by atoms with Gasteiger partial charge in [0.2, 0.25) is 5.91 Å². The van der Waals surface area contributed by atoms with Crippen molar-refractivity contribution in [3.8, 4) is 0 Å². The minimum absolute atomic E-state index is 0.504. The van der Waals surface area contributed by atoms with Gasteiger partial charge >= 0.3 is 23.5 Å². The summed E-state index contributed by atoms with van der Waals surface area (Å²) in [5.74, 6) is -22.6. The third-order valence-corrected chi connectivity index (χ3v) is 2.05. The van der Waals surface area contributed by atoms with Crippen LogP contribution in [0.4, 0.5) is 26.3 Å². The molecule has 88 valence electrons. The third kappa shape index (κ3) is 0.985. The van der Waals surface area contributed by atoms with Gasteiger partial charge < -0.3 is 10.4 Å². The maximum Gasteiger partial charge on any atom is 0.378 e. The Bertz CT molecular complexity index is 297. The second kappa shape index (κ2) is 2.57. The molecule has 0 heterocycles. The van der Waals surface area contributed by atoms with Gasteiger partial charge in [0.05, 0.1) is 0 Å². The first-order chi connectivity index (χ1) is 6.42. The van der Waals surface area contributed by atoms with Crippen LogP contribution in [0.25, 0.3) is 0 Å². The van der Waals surface area contributed by atoms with Crippen LogP contribution >= 0.6 is 0 Å². The van der Waals surface area contributed by atoms with Crippen molar-refractivity contribution in [2.45, 2.75) is 30.4 Å². The van der Waals surface area contributed by atoms with Crippen molar-refractivity contribution in [2.24, 2.45) is 0 Å². The molecule has 0 bridgehead atoms. The third-order valence-electron chi connectivity index (χ3n) is 2.05. The molecular weight excluding hydrogens is 232 g/mol. The van der Waals surface area contributed by atoms with E-state index in [2.05, 4.69) is 0 Å². The van der Waals surface area contributed by atoms with Crippen LogP contribution < -0.4 is 5.32 Å². The van der Waals surface area contributed by atoms with E-state index < -0.39 is 29.4 Å². The summed E-state index contributed by atoms with van der Waals surface area (Å²) in [6.45, 7) is 0.504. The molecular formula is C6H5F6NO2. The largest absolute Gasteiger partial charge is 0.378 e.